The second kappa shape index (κ2) is 8.83. The molecule has 0 aromatic carbocycles. The Bertz CT molecular complexity index is 121. The third kappa shape index (κ3) is 9.74. The quantitative estimate of drug-likeness (QED) is 0.418. The summed E-state index contributed by atoms with van der Waals surface area (Å²) in [5.74, 6) is 0. The molecule has 1 unspecified atom stereocenters. The molecule has 0 aliphatic rings. The van der Waals surface area contributed by atoms with Gasteiger partial charge in [0.25, 0.3) is 0 Å². The van der Waals surface area contributed by atoms with E-state index >= 15 is 0 Å². The molecule has 0 aromatic heterocycles. The maximum absolute atomic E-state index is 9.94. The van der Waals surface area contributed by atoms with E-state index in [1.807, 2.05) is 0 Å². The topological polar surface area (TPSA) is 72.5 Å². The van der Waals surface area contributed by atoms with E-state index in [4.69, 9.17) is 10.8 Å². The van der Waals surface area contributed by atoms with Gasteiger partial charge in [0, 0.05) is 16.8 Å². The number of ether oxygens (including phenoxy) is 1. The van der Waals surface area contributed by atoms with Crippen LogP contribution in [-0.2, 0) is 21.5 Å². The van der Waals surface area contributed by atoms with Crippen LogP contribution in [-0.4, -0.2) is 17.5 Å². The summed E-state index contributed by atoms with van der Waals surface area (Å²) in [6.45, 7) is 2.07. The molecule has 1 atom stereocenters. The molecule has 4 nitrogen and oxygen atoms in total. The van der Waals surface area contributed by atoms with Crippen molar-refractivity contribution in [1.82, 2.24) is 0 Å². The van der Waals surface area contributed by atoms with Crippen molar-refractivity contribution in [3.63, 3.8) is 0 Å². The number of hydrogen-bond donors (Lipinski definition) is 2. The molecule has 75 valence electrons. The van der Waals surface area contributed by atoms with Gasteiger partial charge in [-0.25, -0.2) is 4.79 Å². The third-order valence-electron chi connectivity index (χ3n) is 1.34. The zero-order chi connectivity index (χ0) is 8.69. The Kier molecular flexibility index (Phi) is 10.5. The average molecular weight is 220 g/mol. The van der Waals surface area contributed by atoms with Crippen molar-refractivity contribution in [1.29, 1.82) is 0 Å². The molecular weight excluding hydrogens is 205 g/mol. The first-order chi connectivity index (χ1) is 5.16. The first-order valence-corrected chi connectivity index (χ1v) is 3.82. The molecule has 0 aromatic rings. The molecule has 0 amide bonds. The largest absolute Gasteiger partial charge is 0.507 e. The Balaban J connectivity index is 0. The van der Waals surface area contributed by atoms with Crippen LogP contribution in [0.15, 0.2) is 0 Å². The molecule has 12 heavy (non-hydrogen) atoms. The van der Waals surface area contributed by atoms with Gasteiger partial charge in [0.1, 0.15) is 0 Å². The standard InChI is InChI=1S/C7H15NO3.Co/c1-2-3-4-5-6(8)11-7(9)10;/h6H,2-5,8H2,1H3,(H,9,10);. The predicted octanol–water partition coefficient (Wildman–Crippen LogP) is 1.54. The molecule has 0 spiro atoms. The van der Waals surface area contributed by atoms with Gasteiger partial charge in [-0.05, 0) is 12.8 Å². The number of rotatable bonds is 5. The van der Waals surface area contributed by atoms with E-state index in [0.29, 0.717) is 6.42 Å². The SMILES string of the molecule is CCCCCC(N)OC(=O)O.[Co]. The van der Waals surface area contributed by atoms with E-state index in [0.717, 1.165) is 19.3 Å². The Labute approximate surface area is 82.7 Å². The predicted molar refractivity (Wildman–Crippen MR) is 41.2 cm³/mol. The number of nitrogens with two attached hydrogens (primary N) is 1. The van der Waals surface area contributed by atoms with E-state index in [-0.39, 0.29) is 16.8 Å². The van der Waals surface area contributed by atoms with Gasteiger partial charge in [-0.3, -0.25) is 5.73 Å². The van der Waals surface area contributed by atoms with E-state index in [1.54, 1.807) is 0 Å². The van der Waals surface area contributed by atoms with E-state index in [2.05, 4.69) is 11.7 Å². The minimum Gasteiger partial charge on any atom is -0.450 e. The van der Waals surface area contributed by atoms with Gasteiger partial charge >= 0.3 is 6.16 Å². The molecule has 0 saturated carbocycles. The normalized spacial score (nSPS) is 11.5. The van der Waals surface area contributed by atoms with E-state index in [1.165, 1.54) is 0 Å². The van der Waals surface area contributed by atoms with Crippen LogP contribution >= 0.6 is 0 Å². The summed E-state index contributed by atoms with van der Waals surface area (Å²) in [4.78, 5) is 9.94. The van der Waals surface area contributed by atoms with Crippen molar-refractivity contribution < 1.29 is 31.4 Å². The van der Waals surface area contributed by atoms with Crippen LogP contribution in [0.4, 0.5) is 4.79 Å². The van der Waals surface area contributed by atoms with Gasteiger partial charge in [-0.2, -0.15) is 0 Å². The van der Waals surface area contributed by atoms with Crippen LogP contribution in [0.1, 0.15) is 32.6 Å². The Morgan fingerprint density at radius 3 is 2.58 bits per heavy atom. The van der Waals surface area contributed by atoms with Gasteiger partial charge in [-0.1, -0.05) is 19.8 Å². The smallest absolute Gasteiger partial charge is 0.450 e. The zero-order valence-electron chi connectivity index (χ0n) is 7.08. The number of unbranched alkanes of at least 4 members (excludes halogenated alkanes) is 2. The molecule has 3 N–H and O–H groups in total. The number of carbonyl (C=O) groups is 1. The summed E-state index contributed by atoms with van der Waals surface area (Å²) in [6.07, 6.45) is 1.75. The van der Waals surface area contributed by atoms with Gasteiger partial charge in [-0.15, -0.1) is 0 Å². The molecular formula is C7H15CoNO3. The summed E-state index contributed by atoms with van der Waals surface area (Å²) in [5.41, 5.74) is 5.31. The maximum atomic E-state index is 9.94. The number of carboxylic acid groups (broad SMARTS) is 1. The van der Waals surface area contributed by atoms with Crippen molar-refractivity contribution in [2.24, 2.45) is 5.73 Å². The summed E-state index contributed by atoms with van der Waals surface area (Å²) in [5, 5.41) is 8.14. The fraction of sp³-hybridized carbons (Fsp3) is 0.857. The van der Waals surface area contributed by atoms with Crippen molar-refractivity contribution in [2.75, 3.05) is 0 Å². The van der Waals surface area contributed by atoms with Crippen LogP contribution in [0.5, 0.6) is 0 Å². The molecule has 0 heterocycles. The Morgan fingerprint density at radius 1 is 1.58 bits per heavy atom. The van der Waals surface area contributed by atoms with Gasteiger partial charge in [0.2, 0.25) is 0 Å². The summed E-state index contributed by atoms with van der Waals surface area (Å²) >= 11 is 0. The minimum atomic E-state index is -1.30. The molecule has 0 rings (SSSR count). The van der Waals surface area contributed by atoms with Gasteiger partial charge < -0.3 is 9.84 Å². The summed E-state index contributed by atoms with van der Waals surface area (Å²) in [7, 11) is 0. The monoisotopic (exact) mass is 220 g/mol. The average Bonchev–Trinajstić information content (AvgIpc) is 1.86. The molecule has 0 saturated heterocycles. The second-order valence-electron chi connectivity index (χ2n) is 2.42. The van der Waals surface area contributed by atoms with Crippen molar-refractivity contribution >= 4 is 6.16 Å². The van der Waals surface area contributed by atoms with Crippen LogP contribution in [0, 0.1) is 0 Å². The summed E-state index contributed by atoms with van der Waals surface area (Å²) < 4.78 is 4.29. The molecule has 1 radical (unpaired) electrons. The van der Waals surface area contributed by atoms with Crippen molar-refractivity contribution in [3.8, 4) is 0 Å². The molecule has 0 aliphatic heterocycles. The van der Waals surface area contributed by atoms with Crippen molar-refractivity contribution in [3.05, 3.63) is 0 Å². The number of hydrogen-bond acceptors (Lipinski definition) is 3. The van der Waals surface area contributed by atoms with Crippen LogP contribution < -0.4 is 5.73 Å². The maximum Gasteiger partial charge on any atom is 0.507 e. The van der Waals surface area contributed by atoms with Crippen LogP contribution in [0.3, 0.4) is 0 Å². The van der Waals surface area contributed by atoms with Gasteiger partial charge in [0.05, 0.1) is 0 Å². The third-order valence-corrected chi connectivity index (χ3v) is 1.34. The molecule has 5 heteroatoms. The van der Waals surface area contributed by atoms with Gasteiger partial charge in [0.15, 0.2) is 6.23 Å². The molecule has 0 fully saturated rings. The first kappa shape index (κ1) is 14.3. The van der Waals surface area contributed by atoms with Crippen LogP contribution in [0.2, 0.25) is 0 Å². The fourth-order valence-electron chi connectivity index (χ4n) is 0.784. The molecule has 0 bridgehead atoms. The van der Waals surface area contributed by atoms with E-state index < -0.39 is 12.4 Å². The molecule has 0 aliphatic carbocycles. The zero-order valence-corrected chi connectivity index (χ0v) is 8.12. The van der Waals surface area contributed by atoms with Crippen LogP contribution in [0.25, 0.3) is 0 Å². The second-order valence-corrected chi connectivity index (χ2v) is 2.42. The first-order valence-electron chi connectivity index (χ1n) is 3.82. The Hall–Kier alpha value is -0.264. The minimum absolute atomic E-state index is 0. The Morgan fingerprint density at radius 2 is 2.17 bits per heavy atom. The summed E-state index contributed by atoms with van der Waals surface area (Å²) in [6, 6.07) is 0. The van der Waals surface area contributed by atoms with Crippen molar-refractivity contribution in [2.45, 2.75) is 38.8 Å². The van der Waals surface area contributed by atoms with E-state index in [9.17, 15) is 4.79 Å². The fourth-order valence-corrected chi connectivity index (χ4v) is 0.784.